The van der Waals surface area contributed by atoms with Crippen LogP contribution in [0.25, 0.3) is 0 Å². The SMILES string of the molecule is CO.COc1cc(N)c(C=NC2CCCCC2)cc1B1OC(C)(C)C(C)(C)O1. The fraction of sp³-hybridized carbons (Fsp3) is 0.667. The highest BCUT2D eigenvalue weighted by molar-refractivity contribution is 6.63. The number of rotatable bonds is 4. The van der Waals surface area contributed by atoms with Gasteiger partial charge < -0.3 is 24.9 Å². The number of nitrogens with zero attached hydrogens (tertiary/aromatic N) is 1. The van der Waals surface area contributed by atoms with Crippen LogP contribution in [0.5, 0.6) is 5.75 Å². The molecule has 156 valence electrons. The van der Waals surface area contributed by atoms with Crippen molar-refractivity contribution in [2.45, 2.75) is 77.0 Å². The summed E-state index contributed by atoms with van der Waals surface area (Å²) >= 11 is 0. The quantitative estimate of drug-likeness (QED) is 0.469. The maximum absolute atomic E-state index is 7.00. The number of hydrogen-bond acceptors (Lipinski definition) is 6. The normalized spacial score (nSPS) is 21.5. The van der Waals surface area contributed by atoms with E-state index < -0.39 is 18.3 Å². The molecule has 0 spiro atoms. The molecule has 0 amide bonds. The fourth-order valence-electron chi connectivity index (χ4n) is 3.49. The lowest BCUT2D eigenvalue weighted by atomic mass is 9.77. The molecule has 0 radical (unpaired) electrons. The summed E-state index contributed by atoms with van der Waals surface area (Å²) in [5, 5.41) is 7.00. The molecule has 6 nitrogen and oxygen atoms in total. The molecule has 1 saturated carbocycles. The Morgan fingerprint density at radius 2 is 1.68 bits per heavy atom. The first-order chi connectivity index (χ1) is 13.2. The lowest BCUT2D eigenvalue weighted by Gasteiger charge is -2.32. The second kappa shape index (κ2) is 9.29. The van der Waals surface area contributed by atoms with E-state index in [1.54, 1.807) is 7.11 Å². The van der Waals surface area contributed by atoms with Gasteiger partial charge >= 0.3 is 7.12 Å². The van der Waals surface area contributed by atoms with Gasteiger partial charge in [-0.2, -0.15) is 0 Å². The van der Waals surface area contributed by atoms with Gasteiger partial charge in [0.25, 0.3) is 0 Å². The zero-order valence-corrected chi connectivity index (χ0v) is 18.1. The van der Waals surface area contributed by atoms with Crippen molar-refractivity contribution < 1.29 is 19.2 Å². The minimum atomic E-state index is -0.489. The van der Waals surface area contributed by atoms with E-state index in [0.29, 0.717) is 17.5 Å². The Morgan fingerprint density at radius 1 is 1.11 bits per heavy atom. The minimum absolute atomic E-state index is 0.402. The predicted octanol–water partition coefficient (Wildman–Crippen LogP) is 2.94. The van der Waals surface area contributed by atoms with Crippen molar-refractivity contribution in [2.75, 3.05) is 20.0 Å². The summed E-state index contributed by atoms with van der Waals surface area (Å²) in [5.41, 5.74) is 7.83. The molecule has 3 N–H and O–H groups in total. The molecule has 1 aliphatic carbocycles. The highest BCUT2D eigenvalue weighted by Gasteiger charge is 2.52. The standard InChI is InChI=1S/C20H31BN2O3.CH4O/c1-19(2)20(3,4)26-21(25-19)16-11-14(17(22)12-18(16)24-5)13-23-15-9-7-6-8-10-15;1-2/h11-13,15H,6-10,22H2,1-5H3;2H,1H3. The number of ether oxygens (including phenoxy) is 1. The van der Waals surface area contributed by atoms with Crippen molar-refractivity contribution >= 4 is 24.5 Å². The molecule has 28 heavy (non-hydrogen) atoms. The molecule has 1 saturated heterocycles. The van der Waals surface area contributed by atoms with E-state index in [0.717, 1.165) is 31.0 Å². The number of nitrogen functional groups attached to an aromatic ring is 1. The van der Waals surface area contributed by atoms with E-state index in [9.17, 15) is 0 Å². The van der Waals surface area contributed by atoms with Gasteiger partial charge in [0.2, 0.25) is 0 Å². The van der Waals surface area contributed by atoms with Crippen molar-refractivity contribution in [2.24, 2.45) is 4.99 Å². The van der Waals surface area contributed by atoms with Crippen LogP contribution < -0.4 is 15.9 Å². The number of anilines is 1. The third kappa shape index (κ3) is 4.88. The van der Waals surface area contributed by atoms with Gasteiger partial charge in [-0.25, -0.2) is 0 Å². The second-order valence-corrected chi connectivity index (χ2v) is 8.38. The van der Waals surface area contributed by atoms with Crippen molar-refractivity contribution in [1.82, 2.24) is 0 Å². The molecule has 1 aliphatic heterocycles. The number of aliphatic hydroxyl groups excluding tert-OH is 1. The topological polar surface area (TPSA) is 86.3 Å². The van der Waals surface area contributed by atoms with E-state index in [1.165, 1.54) is 19.3 Å². The Kier molecular flexibility index (Phi) is 7.54. The largest absolute Gasteiger partial charge is 0.498 e. The molecule has 0 atom stereocenters. The number of benzene rings is 1. The van der Waals surface area contributed by atoms with E-state index in [-0.39, 0.29) is 0 Å². The van der Waals surface area contributed by atoms with Crippen molar-refractivity contribution in [3.05, 3.63) is 17.7 Å². The molecule has 0 aromatic heterocycles. The van der Waals surface area contributed by atoms with Gasteiger partial charge in [-0.05, 0) is 46.6 Å². The van der Waals surface area contributed by atoms with Crippen LogP contribution in [0.3, 0.4) is 0 Å². The van der Waals surface area contributed by atoms with Crippen LogP contribution in [-0.4, -0.2) is 49.9 Å². The average molecular weight is 390 g/mol. The first-order valence-corrected chi connectivity index (χ1v) is 10.0. The summed E-state index contributed by atoms with van der Waals surface area (Å²) in [4.78, 5) is 4.77. The Hall–Kier alpha value is -1.57. The van der Waals surface area contributed by atoms with Crippen LogP contribution in [0.2, 0.25) is 0 Å². The number of hydrogen-bond donors (Lipinski definition) is 2. The zero-order chi connectivity index (χ0) is 20.9. The van der Waals surface area contributed by atoms with Gasteiger partial charge in [0.05, 0.1) is 18.3 Å². The molecule has 2 fully saturated rings. The van der Waals surface area contributed by atoms with Gasteiger partial charge in [-0.15, -0.1) is 0 Å². The van der Waals surface area contributed by atoms with Gasteiger partial charge in [0, 0.05) is 42.1 Å². The van der Waals surface area contributed by atoms with Crippen LogP contribution >= 0.6 is 0 Å². The summed E-state index contributed by atoms with van der Waals surface area (Å²) in [5.74, 6) is 0.677. The third-order valence-corrected chi connectivity index (χ3v) is 5.94. The van der Waals surface area contributed by atoms with E-state index in [1.807, 2.05) is 46.0 Å². The molecule has 1 aromatic rings. The average Bonchev–Trinajstić information content (AvgIpc) is 2.90. The van der Waals surface area contributed by atoms with Crippen LogP contribution in [0.1, 0.15) is 65.4 Å². The van der Waals surface area contributed by atoms with Gasteiger partial charge in [0.15, 0.2) is 0 Å². The summed E-state index contributed by atoms with van der Waals surface area (Å²) in [6.07, 6.45) is 8.08. The van der Waals surface area contributed by atoms with Crippen molar-refractivity contribution in [1.29, 1.82) is 0 Å². The first-order valence-electron chi connectivity index (χ1n) is 10.0. The smallest absolute Gasteiger partial charge is 0.497 e. The van der Waals surface area contributed by atoms with E-state index >= 15 is 0 Å². The molecule has 3 rings (SSSR count). The molecule has 1 aromatic carbocycles. The van der Waals surface area contributed by atoms with Crippen LogP contribution in [0, 0.1) is 0 Å². The maximum atomic E-state index is 7.00. The van der Waals surface area contributed by atoms with Gasteiger partial charge in [0.1, 0.15) is 5.75 Å². The zero-order valence-electron chi connectivity index (χ0n) is 18.1. The van der Waals surface area contributed by atoms with Crippen molar-refractivity contribution in [3.8, 4) is 5.75 Å². The number of methoxy groups -OCH3 is 1. The number of aliphatic imine (C=N–C) groups is 1. The Bertz CT molecular complexity index is 669. The predicted molar refractivity (Wildman–Crippen MR) is 116 cm³/mol. The molecule has 1 heterocycles. The summed E-state index contributed by atoms with van der Waals surface area (Å²) in [6.45, 7) is 8.18. The molecular formula is C21H35BN2O4. The fourth-order valence-corrected chi connectivity index (χ4v) is 3.49. The van der Waals surface area contributed by atoms with Crippen LogP contribution in [0.15, 0.2) is 17.1 Å². The van der Waals surface area contributed by atoms with E-state index in [4.69, 9.17) is 29.9 Å². The monoisotopic (exact) mass is 390 g/mol. The molecule has 2 aliphatic rings. The lowest BCUT2D eigenvalue weighted by Crippen LogP contribution is -2.41. The Labute approximate surface area is 169 Å². The molecule has 7 heteroatoms. The van der Waals surface area contributed by atoms with E-state index in [2.05, 4.69) is 0 Å². The number of nitrogens with two attached hydrogens (primary N) is 1. The van der Waals surface area contributed by atoms with Crippen LogP contribution in [-0.2, 0) is 9.31 Å². The summed E-state index contributed by atoms with van der Waals surface area (Å²) in [6, 6.07) is 4.23. The minimum Gasteiger partial charge on any atom is -0.497 e. The molecule has 0 unspecified atom stereocenters. The Balaban J connectivity index is 0.00000136. The van der Waals surface area contributed by atoms with Gasteiger partial charge in [-0.1, -0.05) is 19.3 Å². The summed E-state index contributed by atoms with van der Waals surface area (Å²) < 4.78 is 17.9. The third-order valence-electron chi connectivity index (χ3n) is 5.94. The summed E-state index contributed by atoms with van der Waals surface area (Å²) in [7, 11) is 2.15. The lowest BCUT2D eigenvalue weighted by molar-refractivity contribution is 0.00578. The number of aliphatic hydroxyl groups is 1. The highest BCUT2D eigenvalue weighted by atomic mass is 16.7. The van der Waals surface area contributed by atoms with Crippen molar-refractivity contribution in [3.63, 3.8) is 0 Å². The Morgan fingerprint density at radius 3 is 2.21 bits per heavy atom. The first kappa shape index (κ1) is 22.7. The molecule has 0 bridgehead atoms. The van der Waals surface area contributed by atoms with Gasteiger partial charge in [-0.3, -0.25) is 4.99 Å². The second-order valence-electron chi connectivity index (χ2n) is 8.38. The highest BCUT2D eigenvalue weighted by Crippen LogP contribution is 2.37. The molecular weight excluding hydrogens is 355 g/mol. The van der Waals surface area contributed by atoms with Crippen LogP contribution in [0.4, 0.5) is 5.69 Å². The maximum Gasteiger partial charge on any atom is 0.498 e.